The first-order valence-corrected chi connectivity index (χ1v) is 7.46. The normalized spacial score (nSPS) is 15.6. The summed E-state index contributed by atoms with van der Waals surface area (Å²) < 4.78 is 0. The average molecular weight is 285 g/mol. The number of hydrogen-bond acceptors (Lipinski definition) is 2. The lowest BCUT2D eigenvalue weighted by Gasteiger charge is -2.30. The fraction of sp³-hybridized carbons (Fsp3) is 0.389. The summed E-state index contributed by atoms with van der Waals surface area (Å²) in [6, 6.07) is 14.3. The lowest BCUT2D eigenvalue weighted by atomic mass is 9.92. The highest BCUT2D eigenvalue weighted by molar-refractivity contribution is 5.86. The van der Waals surface area contributed by atoms with E-state index in [0.717, 1.165) is 12.0 Å². The van der Waals surface area contributed by atoms with Crippen LogP contribution in [-0.4, -0.2) is 16.6 Å². The molecule has 2 rings (SSSR count). The van der Waals surface area contributed by atoms with Gasteiger partial charge in [-0.3, -0.25) is 10.1 Å². The maximum Gasteiger partial charge on any atom is 0.323 e. The van der Waals surface area contributed by atoms with Crippen LogP contribution in [0.3, 0.4) is 0 Å². The van der Waals surface area contributed by atoms with E-state index in [9.17, 15) is 9.90 Å². The van der Waals surface area contributed by atoms with Crippen LogP contribution in [0.4, 0.5) is 0 Å². The van der Waals surface area contributed by atoms with Gasteiger partial charge in [0.2, 0.25) is 0 Å². The number of aliphatic carboxylic acids is 1. The Hall–Kier alpha value is -1.87. The van der Waals surface area contributed by atoms with Crippen LogP contribution in [0.2, 0.25) is 0 Å². The van der Waals surface area contributed by atoms with E-state index in [1.165, 1.54) is 10.8 Å². The van der Waals surface area contributed by atoms with Gasteiger partial charge in [-0.2, -0.15) is 0 Å². The van der Waals surface area contributed by atoms with Crippen molar-refractivity contribution in [3.8, 4) is 0 Å². The first-order chi connectivity index (χ1) is 9.98. The number of carboxylic acid groups (broad SMARTS) is 1. The van der Waals surface area contributed by atoms with E-state index in [1.807, 2.05) is 32.0 Å². The highest BCUT2D eigenvalue weighted by atomic mass is 16.4. The molecule has 0 amide bonds. The Balaban J connectivity index is 2.34. The summed E-state index contributed by atoms with van der Waals surface area (Å²) in [7, 11) is 0. The Kier molecular flexibility index (Phi) is 4.63. The lowest BCUT2D eigenvalue weighted by Crippen LogP contribution is -2.50. The molecule has 0 radical (unpaired) electrons. The first-order valence-electron chi connectivity index (χ1n) is 7.46. The smallest absolute Gasteiger partial charge is 0.323 e. The zero-order valence-corrected chi connectivity index (χ0v) is 12.9. The monoisotopic (exact) mass is 285 g/mol. The molecule has 0 fully saturated rings. The topological polar surface area (TPSA) is 49.3 Å². The van der Waals surface area contributed by atoms with E-state index in [4.69, 9.17) is 0 Å². The molecule has 3 nitrogen and oxygen atoms in total. The number of fused-ring (bicyclic) bond motifs is 1. The summed E-state index contributed by atoms with van der Waals surface area (Å²) in [5, 5.41) is 15.2. The van der Waals surface area contributed by atoms with Gasteiger partial charge in [-0.25, -0.2) is 0 Å². The molecule has 0 aliphatic rings. The molecule has 0 saturated heterocycles. The third-order valence-corrected chi connectivity index (χ3v) is 4.05. The highest BCUT2D eigenvalue weighted by Crippen LogP contribution is 2.26. The molecule has 0 spiro atoms. The maximum atomic E-state index is 11.6. The van der Waals surface area contributed by atoms with Crippen molar-refractivity contribution in [2.45, 2.75) is 45.2 Å². The zero-order valence-electron chi connectivity index (χ0n) is 12.9. The van der Waals surface area contributed by atoms with Crippen molar-refractivity contribution in [3.63, 3.8) is 0 Å². The molecule has 2 N–H and O–H groups in total. The molecule has 112 valence electrons. The van der Waals surface area contributed by atoms with E-state index in [0.29, 0.717) is 6.42 Å². The van der Waals surface area contributed by atoms with Crippen molar-refractivity contribution in [3.05, 3.63) is 48.0 Å². The first kappa shape index (κ1) is 15.5. The minimum Gasteiger partial charge on any atom is -0.480 e. The summed E-state index contributed by atoms with van der Waals surface area (Å²) in [5.41, 5.74) is 0.238. The van der Waals surface area contributed by atoms with Crippen LogP contribution in [0.1, 0.15) is 45.2 Å². The second-order valence-corrected chi connectivity index (χ2v) is 5.82. The Bertz CT molecular complexity index is 633. The molecule has 2 atom stereocenters. The van der Waals surface area contributed by atoms with Gasteiger partial charge in [0.05, 0.1) is 0 Å². The van der Waals surface area contributed by atoms with Crippen LogP contribution >= 0.6 is 0 Å². The second-order valence-electron chi connectivity index (χ2n) is 5.82. The number of nitrogens with one attached hydrogen (secondary N) is 1. The molecule has 0 heterocycles. The Labute approximate surface area is 126 Å². The van der Waals surface area contributed by atoms with Gasteiger partial charge in [0, 0.05) is 6.04 Å². The number of hydrogen-bond donors (Lipinski definition) is 2. The van der Waals surface area contributed by atoms with Gasteiger partial charge in [-0.15, -0.1) is 0 Å². The van der Waals surface area contributed by atoms with Gasteiger partial charge in [0.1, 0.15) is 5.54 Å². The molecule has 2 aromatic carbocycles. The predicted octanol–water partition coefficient (Wildman–Crippen LogP) is 4.13. The van der Waals surface area contributed by atoms with E-state index in [1.54, 1.807) is 6.92 Å². The van der Waals surface area contributed by atoms with Crippen LogP contribution in [0.5, 0.6) is 0 Å². The third kappa shape index (κ3) is 3.24. The molecule has 0 aromatic heterocycles. The third-order valence-electron chi connectivity index (χ3n) is 4.05. The fourth-order valence-electron chi connectivity index (χ4n) is 2.92. The Morgan fingerprint density at radius 2 is 1.90 bits per heavy atom. The second kappa shape index (κ2) is 6.27. The van der Waals surface area contributed by atoms with Crippen LogP contribution in [0.15, 0.2) is 42.5 Å². The SMILES string of the molecule is CCCC(C)(NC(C)c1cccc2ccccc12)C(=O)O. The molecule has 2 aromatic rings. The summed E-state index contributed by atoms with van der Waals surface area (Å²) in [6.45, 7) is 5.80. The van der Waals surface area contributed by atoms with Crippen molar-refractivity contribution in [2.75, 3.05) is 0 Å². The fourth-order valence-corrected chi connectivity index (χ4v) is 2.92. The van der Waals surface area contributed by atoms with Gasteiger partial charge in [-0.1, -0.05) is 55.8 Å². The summed E-state index contributed by atoms with van der Waals surface area (Å²) in [4.78, 5) is 11.6. The van der Waals surface area contributed by atoms with Crippen LogP contribution in [0, 0.1) is 0 Å². The number of benzene rings is 2. The summed E-state index contributed by atoms with van der Waals surface area (Å²) in [6.07, 6.45) is 1.44. The van der Waals surface area contributed by atoms with E-state index >= 15 is 0 Å². The average Bonchev–Trinajstić information content (AvgIpc) is 2.46. The molecule has 3 heteroatoms. The van der Waals surface area contributed by atoms with Crippen LogP contribution in [0.25, 0.3) is 10.8 Å². The van der Waals surface area contributed by atoms with Gasteiger partial charge in [-0.05, 0) is 36.6 Å². The number of rotatable bonds is 6. The molecule has 0 saturated carbocycles. The van der Waals surface area contributed by atoms with Crippen molar-refractivity contribution in [2.24, 2.45) is 0 Å². The number of carbonyl (C=O) groups is 1. The van der Waals surface area contributed by atoms with E-state index in [-0.39, 0.29) is 6.04 Å². The Morgan fingerprint density at radius 3 is 2.57 bits per heavy atom. The predicted molar refractivity (Wildman–Crippen MR) is 86.4 cm³/mol. The largest absolute Gasteiger partial charge is 0.480 e. The van der Waals surface area contributed by atoms with Crippen molar-refractivity contribution >= 4 is 16.7 Å². The van der Waals surface area contributed by atoms with Crippen molar-refractivity contribution < 1.29 is 9.90 Å². The maximum absolute atomic E-state index is 11.6. The molecular weight excluding hydrogens is 262 g/mol. The van der Waals surface area contributed by atoms with Crippen LogP contribution < -0.4 is 5.32 Å². The molecular formula is C18H23NO2. The minimum atomic E-state index is -0.898. The standard InChI is InChI=1S/C18H23NO2/c1-4-12-18(3,17(20)21)19-13(2)15-11-7-9-14-8-5-6-10-16(14)15/h5-11,13,19H,4,12H2,1-3H3,(H,20,21). The highest BCUT2D eigenvalue weighted by Gasteiger charge is 2.33. The van der Waals surface area contributed by atoms with Gasteiger partial charge < -0.3 is 5.11 Å². The quantitative estimate of drug-likeness (QED) is 0.839. The van der Waals surface area contributed by atoms with Gasteiger partial charge in [0.15, 0.2) is 0 Å². The molecule has 2 unspecified atom stereocenters. The molecule has 0 aliphatic heterocycles. The van der Waals surface area contributed by atoms with Crippen LogP contribution in [-0.2, 0) is 4.79 Å². The lowest BCUT2D eigenvalue weighted by molar-refractivity contribution is -0.144. The summed E-state index contributed by atoms with van der Waals surface area (Å²) >= 11 is 0. The minimum absolute atomic E-state index is 0.0243. The van der Waals surface area contributed by atoms with Gasteiger partial charge in [0.25, 0.3) is 0 Å². The van der Waals surface area contributed by atoms with E-state index in [2.05, 4.69) is 29.6 Å². The molecule has 21 heavy (non-hydrogen) atoms. The number of carboxylic acids is 1. The molecule has 0 aliphatic carbocycles. The van der Waals surface area contributed by atoms with Gasteiger partial charge >= 0.3 is 5.97 Å². The molecule has 0 bridgehead atoms. The van der Waals surface area contributed by atoms with E-state index < -0.39 is 11.5 Å². The zero-order chi connectivity index (χ0) is 15.5. The summed E-state index contributed by atoms with van der Waals surface area (Å²) in [5.74, 6) is -0.795. The Morgan fingerprint density at radius 1 is 1.24 bits per heavy atom. The van der Waals surface area contributed by atoms with Crippen molar-refractivity contribution in [1.29, 1.82) is 0 Å². The van der Waals surface area contributed by atoms with Crippen molar-refractivity contribution in [1.82, 2.24) is 5.32 Å².